The van der Waals surface area contributed by atoms with Gasteiger partial charge in [-0.05, 0) is 12.3 Å². The van der Waals surface area contributed by atoms with E-state index in [9.17, 15) is 4.79 Å². The molecule has 0 atom stereocenters. The first-order chi connectivity index (χ1) is 5.20. The molecule has 64 valence electrons. The van der Waals surface area contributed by atoms with Crippen LogP contribution in [-0.2, 0) is 0 Å². The summed E-state index contributed by atoms with van der Waals surface area (Å²) >= 11 is 0. The molecule has 0 aromatic heterocycles. The van der Waals surface area contributed by atoms with Gasteiger partial charge in [0, 0.05) is 19.6 Å². The molecule has 0 radical (unpaired) electrons. The lowest BCUT2D eigenvalue weighted by Crippen LogP contribution is -2.29. The molecule has 0 spiro atoms. The Morgan fingerprint density at radius 2 is 2.36 bits per heavy atom. The summed E-state index contributed by atoms with van der Waals surface area (Å²) in [6.45, 7) is 6.95. The van der Waals surface area contributed by atoms with Gasteiger partial charge in [-0.1, -0.05) is 13.8 Å². The Labute approximate surface area is 67.8 Å². The maximum atomic E-state index is 11.0. The highest BCUT2D eigenvalue weighted by Gasteiger charge is 2.18. The van der Waals surface area contributed by atoms with Gasteiger partial charge in [0.2, 0.25) is 0 Å². The van der Waals surface area contributed by atoms with Crippen molar-refractivity contribution >= 4 is 6.03 Å². The Bertz CT molecular complexity index is 145. The lowest BCUT2D eigenvalue weighted by Gasteiger charge is -2.14. The van der Waals surface area contributed by atoms with Gasteiger partial charge in [-0.15, -0.1) is 0 Å². The second-order valence-corrected chi connectivity index (χ2v) is 3.40. The largest absolute Gasteiger partial charge is 0.336 e. The minimum Gasteiger partial charge on any atom is -0.336 e. The fourth-order valence-corrected chi connectivity index (χ4v) is 1.14. The number of hydrogen-bond donors (Lipinski definition) is 1. The van der Waals surface area contributed by atoms with Crippen molar-refractivity contribution in [1.82, 2.24) is 10.2 Å². The number of hydrogen-bond acceptors (Lipinski definition) is 1. The Morgan fingerprint density at radius 3 is 2.82 bits per heavy atom. The van der Waals surface area contributed by atoms with E-state index in [1.807, 2.05) is 4.90 Å². The van der Waals surface area contributed by atoms with E-state index in [1.54, 1.807) is 0 Å². The average molecular weight is 156 g/mol. The van der Waals surface area contributed by atoms with Crippen molar-refractivity contribution in [2.75, 3.05) is 19.6 Å². The van der Waals surface area contributed by atoms with Crippen LogP contribution < -0.4 is 5.32 Å². The SMILES string of the molecule is CC(C)CCN1CCNC1=O. The van der Waals surface area contributed by atoms with Crippen LogP contribution in [0.5, 0.6) is 0 Å². The van der Waals surface area contributed by atoms with Crippen molar-refractivity contribution in [3.63, 3.8) is 0 Å². The molecule has 0 bridgehead atoms. The highest BCUT2D eigenvalue weighted by Crippen LogP contribution is 2.04. The smallest absolute Gasteiger partial charge is 0.317 e. The molecule has 0 aromatic carbocycles. The van der Waals surface area contributed by atoms with Gasteiger partial charge in [0.1, 0.15) is 0 Å². The van der Waals surface area contributed by atoms with Crippen LogP contribution >= 0.6 is 0 Å². The van der Waals surface area contributed by atoms with Crippen molar-refractivity contribution in [3.05, 3.63) is 0 Å². The summed E-state index contributed by atoms with van der Waals surface area (Å²) in [5.41, 5.74) is 0. The predicted molar refractivity (Wildman–Crippen MR) is 44.4 cm³/mol. The van der Waals surface area contributed by atoms with E-state index in [-0.39, 0.29) is 6.03 Å². The Hall–Kier alpha value is -0.730. The summed E-state index contributed by atoms with van der Waals surface area (Å²) in [6.07, 6.45) is 1.10. The van der Waals surface area contributed by atoms with Crippen molar-refractivity contribution < 1.29 is 4.79 Å². The summed E-state index contributed by atoms with van der Waals surface area (Å²) in [5, 5.41) is 2.78. The molecule has 1 saturated heterocycles. The number of urea groups is 1. The summed E-state index contributed by atoms with van der Waals surface area (Å²) < 4.78 is 0. The number of amides is 2. The minimum atomic E-state index is 0.102. The van der Waals surface area contributed by atoms with Crippen LogP contribution in [0.1, 0.15) is 20.3 Å². The van der Waals surface area contributed by atoms with Crippen LogP contribution in [0.3, 0.4) is 0 Å². The molecule has 0 saturated carbocycles. The monoisotopic (exact) mass is 156 g/mol. The predicted octanol–water partition coefficient (Wildman–Crippen LogP) is 1.06. The first-order valence-electron chi connectivity index (χ1n) is 4.23. The van der Waals surface area contributed by atoms with Gasteiger partial charge >= 0.3 is 6.03 Å². The van der Waals surface area contributed by atoms with E-state index in [0.717, 1.165) is 26.1 Å². The molecule has 1 aliphatic heterocycles. The molecular weight excluding hydrogens is 140 g/mol. The number of carbonyl (C=O) groups is 1. The molecule has 1 fully saturated rings. The Balaban J connectivity index is 2.20. The maximum absolute atomic E-state index is 11.0. The van der Waals surface area contributed by atoms with Crippen molar-refractivity contribution in [3.8, 4) is 0 Å². The van der Waals surface area contributed by atoms with Gasteiger partial charge in [-0.3, -0.25) is 0 Å². The lowest BCUT2D eigenvalue weighted by molar-refractivity contribution is 0.215. The van der Waals surface area contributed by atoms with Crippen LogP contribution in [0.4, 0.5) is 4.79 Å². The third-order valence-corrected chi connectivity index (χ3v) is 1.92. The van der Waals surface area contributed by atoms with Crippen molar-refractivity contribution in [2.45, 2.75) is 20.3 Å². The number of nitrogens with zero attached hydrogens (tertiary/aromatic N) is 1. The zero-order valence-electron chi connectivity index (χ0n) is 7.26. The van der Waals surface area contributed by atoms with E-state index in [1.165, 1.54) is 0 Å². The number of nitrogens with one attached hydrogen (secondary N) is 1. The maximum Gasteiger partial charge on any atom is 0.317 e. The van der Waals surface area contributed by atoms with E-state index < -0.39 is 0 Å². The summed E-state index contributed by atoms with van der Waals surface area (Å²) in [6, 6.07) is 0.102. The zero-order valence-corrected chi connectivity index (χ0v) is 7.26. The third-order valence-electron chi connectivity index (χ3n) is 1.92. The molecule has 2 amide bonds. The quantitative estimate of drug-likeness (QED) is 0.651. The molecule has 0 unspecified atom stereocenters. The first-order valence-corrected chi connectivity index (χ1v) is 4.23. The van der Waals surface area contributed by atoms with E-state index >= 15 is 0 Å². The van der Waals surface area contributed by atoms with Gasteiger partial charge < -0.3 is 10.2 Å². The summed E-state index contributed by atoms with van der Waals surface area (Å²) in [5.74, 6) is 0.684. The van der Waals surface area contributed by atoms with E-state index in [4.69, 9.17) is 0 Å². The van der Waals surface area contributed by atoms with E-state index in [2.05, 4.69) is 19.2 Å². The van der Waals surface area contributed by atoms with Crippen LogP contribution in [0, 0.1) is 5.92 Å². The van der Waals surface area contributed by atoms with Gasteiger partial charge in [-0.2, -0.15) is 0 Å². The second kappa shape index (κ2) is 3.60. The number of rotatable bonds is 3. The van der Waals surface area contributed by atoms with Gasteiger partial charge in [0.05, 0.1) is 0 Å². The fraction of sp³-hybridized carbons (Fsp3) is 0.875. The molecule has 0 aliphatic carbocycles. The number of carbonyl (C=O) groups excluding carboxylic acids is 1. The van der Waals surface area contributed by atoms with Crippen LogP contribution in [0.15, 0.2) is 0 Å². The van der Waals surface area contributed by atoms with Crippen LogP contribution in [-0.4, -0.2) is 30.6 Å². The molecule has 11 heavy (non-hydrogen) atoms. The summed E-state index contributed by atoms with van der Waals surface area (Å²) in [4.78, 5) is 12.9. The van der Waals surface area contributed by atoms with Gasteiger partial charge in [0.25, 0.3) is 0 Å². The Kier molecular flexibility index (Phi) is 2.74. The third kappa shape index (κ3) is 2.41. The molecule has 1 heterocycles. The zero-order chi connectivity index (χ0) is 8.27. The summed E-state index contributed by atoms with van der Waals surface area (Å²) in [7, 11) is 0. The van der Waals surface area contributed by atoms with Crippen LogP contribution in [0.25, 0.3) is 0 Å². The van der Waals surface area contributed by atoms with E-state index in [0.29, 0.717) is 5.92 Å². The van der Waals surface area contributed by atoms with Gasteiger partial charge in [0.15, 0.2) is 0 Å². The standard InChI is InChI=1S/C8H16N2O/c1-7(2)3-5-10-6-4-9-8(10)11/h7H,3-6H2,1-2H3,(H,9,11). The van der Waals surface area contributed by atoms with Crippen LogP contribution in [0.2, 0.25) is 0 Å². The topological polar surface area (TPSA) is 32.3 Å². The molecular formula is C8H16N2O. The molecule has 3 nitrogen and oxygen atoms in total. The van der Waals surface area contributed by atoms with Crippen molar-refractivity contribution in [1.29, 1.82) is 0 Å². The minimum absolute atomic E-state index is 0.102. The molecule has 3 heteroatoms. The molecule has 0 aromatic rings. The van der Waals surface area contributed by atoms with Crippen molar-refractivity contribution in [2.24, 2.45) is 5.92 Å². The first kappa shape index (κ1) is 8.37. The molecule has 1 rings (SSSR count). The Morgan fingerprint density at radius 1 is 1.64 bits per heavy atom. The average Bonchev–Trinajstić information content (AvgIpc) is 2.31. The molecule has 1 aliphatic rings. The van der Waals surface area contributed by atoms with Gasteiger partial charge in [-0.25, -0.2) is 4.79 Å². The lowest BCUT2D eigenvalue weighted by atomic mass is 10.1. The molecule has 1 N–H and O–H groups in total. The highest BCUT2D eigenvalue weighted by atomic mass is 16.2. The second-order valence-electron chi connectivity index (χ2n) is 3.40. The fourth-order valence-electron chi connectivity index (χ4n) is 1.14. The normalized spacial score (nSPS) is 17.7. The highest BCUT2D eigenvalue weighted by molar-refractivity contribution is 5.76.